The van der Waals surface area contributed by atoms with Gasteiger partial charge in [-0.25, -0.2) is 4.39 Å². The zero-order valence-corrected chi connectivity index (χ0v) is 21.5. The lowest BCUT2D eigenvalue weighted by atomic mass is 9.58. The summed E-state index contributed by atoms with van der Waals surface area (Å²) in [7, 11) is 0. The molecule has 3 heteroatoms. The van der Waals surface area contributed by atoms with E-state index in [1.807, 2.05) is 0 Å². The topological polar surface area (TPSA) is 12.5 Å². The quantitative estimate of drug-likeness (QED) is 0.439. The van der Waals surface area contributed by atoms with E-state index in [9.17, 15) is 4.39 Å². The third kappa shape index (κ3) is 2.91. The third-order valence-electron chi connectivity index (χ3n) is 11.5. The molecule has 3 aliphatic carbocycles. The van der Waals surface area contributed by atoms with Crippen LogP contribution >= 0.6 is 0 Å². The molecule has 3 heterocycles. The normalized spacial score (nSPS) is 43.6. The number of rotatable bonds is 2. The van der Waals surface area contributed by atoms with Crippen LogP contribution in [0.1, 0.15) is 76.2 Å². The van der Waals surface area contributed by atoms with E-state index in [0.717, 1.165) is 45.1 Å². The fourth-order valence-corrected chi connectivity index (χ4v) is 9.74. The standard InChI is InChI=1S/C33H38FNO/c1-31-14-12-26-19-25-8-9-28(35-17-13-27(34)21-35)20-32(25)15-16-33(26,36-32)30(31)11-10-29(31)24-7-6-22-4-2-3-5-23(22)18-24/h2-7,12,18-19,27-30H,8-11,13-17,20-21H2,1H3/t27-,28+,29+,30+,31+,32+,33?/m0/s1. The van der Waals surface area contributed by atoms with Crippen molar-refractivity contribution in [1.29, 1.82) is 0 Å². The molecule has 2 aromatic rings. The second kappa shape index (κ2) is 7.54. The first kappa shape index (κ1) is 22.1. The molecule has 2 spiro atoms. The first-order valence-corrected chi connectivity index (χ1v) is 14.5. The second-order valence-corrected chi connectivity index (χ2v) is 13.1. The van der Waals surface area contributed by atoms with Crippen molar-refractivity contribution < 1.29 is 9.13 Å². The Morgan fingerprint density at radius 3 is 2.75 bits per heavy atom. The number of allylic oxidation sites excluding steroid dienone is 1. The number of fused-ring (bicyclic) bond motifs is 2. The molecule has 2 bridgehead atoms. The van der Waals surface area contributed by atoms with E-state index in [0.29, 0.717) is 30.8 Å². The molecule has 0 aromatic heterocycles. The summed E-state index contributed by atoms with van der Waals surface area (Å²) in [5.41, 5.74) is 4.57. The molecule has 188 valence electrons. The second-order valence-electron chi connectivity index (χ2n) is 13.1. The van der Waals surface area contributed by atoms with Gasteiger partial charge in [-0.15, -0.1) is 0 Å². The number of hydrogen-bond acceptors (Lipinski definition) is 2. The van der Waals surface area contributed by atoms with Gasteiger partial charge in [-0.1, -0.05) is 61.5 Å². The molecule has 2 saturated carbocycles. The zero-order chi connectivity index (χ0) is 24.1. The summed E-state index contributed by atoms with van der Waals surface area (Å²) in [6.45, 7) is 4.12. The lowest BCUT2D eigenvalue weighted by molar-refractivity contribution is -0.140. The van der Waals surface area contributed by atoms with Crippen molar-refractivity contribution in [2.75, 3.05) is 13.1 Å². The van der Waals surface area contributed by atoms with Crippen LogP contribution in [0, 0.1) is 11.3 Å². The van der Waals surface area contributed by atoms with Crippen LogP contribution in [0.2, 0.25) is 0 Å². The summed E-state index contributed by atoms with van der Waals surface area (Å²) in [6, 6.07) is 16.4. The number of halogens is 1. The van der Waals surface area contributed by atoms with E-state index in [4.69, 9.17) is 4.74 Å². The van der Waals surface area contributed by atoms with Gasteiger partial charge < -0.3 is 4.74 Å². The highest BCUT2D eigenvalue weighted by Gasteiger charge is 2.66. The van der Waals surface area contributed by atoms with Crippen LogP contribution in [0.3, 0.4) is 0 Å². The van der Waals surface area contributed by atoms with Gasteiger partial charge in [0.1, 0.15) is 6.17 Å². The molecule has 2 saturated heterocycles. The fraction of sp³-hybridized carbons (Fsp3) is 0.576. The Bertz CT molecular complexity index is 1300. The van der Waals surface area contributed by atoms with Crippen LogP contribution in [-0.4, -0.2) is 41.4 Å². The fourth-order valence-electron chi connectivity index (χ4n) is 9.74. The van der Waals surface area contributed by atoms with Gasteiger partial charge in [-0.05, 0) is 103 Å². The molecule has 0 N–H and O–H groups in total. The molecule has 0 amide bonds. The van der Waals surface area contributed by atoms with Gasteiger partial charge in [-0.2, -0.15) is 0 Å². The Kier molecular flexibility index (Phi) is 4.62. The summed E-state index contributed by atoms with van der Waals surface area (Å²) in [6.07, 6.45) is 14.5. The van der Waals surface area contributed by atoms with Crippen LogP contribution in [0.25, 0.3) is 10.8 Å². The van der Waals surface area contributed by atoms with E-state index < -0.39 is 6.17 Å². The summed E-state index contributed by atoms with van der Waals surface area (Å²) >= 11 is 0. The number of hydrogen-bond donors (Lipinski definition) is 0. The molecule has 8 rings (SSSR count). The number of likely N-dealkylation sites (tertiary alicyclic amines) is 1. The van der Waals surface area contributed by atoms with Gasteiger partial charge in [0, 0.05) is 19.1 Å². The lowest BCUT2D eigenvalue weighted by Crippen LogP contribution is -2.55. The Labute approximate surface area is 214 Å². The molecular formula is C33H38FNO. The minimum absolute atomic E-state index is 0.103. The Hall–Kier alpha value is -1.97. The maximum atomic E-state index is 14.0. The number of nitrogens with zero attached hydrogens (tertiary/aromatic N) is 1. The Morgan fingerprint density at radius 1 is 1.00 bits per heavy atom. The van der Waals surface area contributed by atoms with E-state index in [1.54, 1.807) is 5.57 Å². The number of benzene rings is 2. The van der Waals surface area contributed by atoms with E-state index in [-0.39, 0.29) is 16.6 Å². The van der Waals surface area contributed by atoms with Crippen LogP contribution in [0.5, 0.6) is 0 Å². The summed E-state index contributed by atoms with van der Waals surface area (Å²) in [5.74, 6) is 1.15. The SMILES string of the molecule is C[C@]12CC=C3C=C4CC[C@@H](N5CC[C@H](F)C5)C[C@]45CCC3(O5)[C@@H]1CC[C@@H]2c1ccc2ccccc2c1. The molecule has 0 radical (unpaired) electrons. The maximum Gasteiger partial charge on any atom is 0.114 e. The third-order valence-corrected chi connectivity index (χ3v) is 11.5. The maximum absolute atomic E-state index is 14.0. The van der Waals surface area contributed by atoms with Crippen molar-refractivity contribution in [2.45, 2.75) is 94.0 Å². The van der Waals surface area contributed by atoms with Crippen molar-refractivity contribution in [2.24, 2.45) is 11.3 Å². The summed E-state index contributed by atoms with van der Waals surface area (Å²) < 4.78 is 21.5. The van der Waals surface area contributed by atoms with Gasteiger partial charge in [0.15, 0.2) is 0 Å². The molecular weight excluding hydrogens is 445 g/mol. The average Bonchev–Trinajstić information content (AvgIpc) is 3.57. The first-order valence-electron chi connectivity index (χ1n) is 14.5. The zero-order valence-electron chi connectivity index (χ0n) is 21.5. The number of ether oxygens (including phenoxy) is 1. The van der Waals surface area contributed by atoms with Crippen LogP contribution < -0.4 is 0 Å². The van der Waals surface area contributed by atoms with Crippen LogP contribution in [0.15, 0.2) is 65.8 Å². The minimum Gasteiger partial charge on any atom is -0.359 e. The molecule has 3 aliphatic heterocycles. The Morgan fingerprint density at radius 2 is 1.89 bits per heavy atom. The smallest absolute Gasteiger partial charge is 0.114 e. The van der Waals surface area contributed by atoms with E-state index >= 15 is 0 Å². The van der Waals surface area contributed by atoms with Crippen LogP contribution in [0.4, 0.5) is 4.39 Å². The molecule has 4 fully saturated rings. The predicted octanol–water partition coefficient (Wildman–Crippen LogP) is 7.49. The molecule has 6 aliphatic rings. The molecule has 1 unspecified atom stereocenters. The Balaban J connectivity index is 1.14. The van der Waals surface area contributed by atoms with Gasteiger partial charge in [0.25, 0.3) is 0 Å². The van der Waals surface area contributed by atoms with Gasteiger partial charge in [-0.3, -0.25) is 4.90 Å². The van der Waals surface area contributed by atoms with Crippen molar-refractivity contribution in [3.05, 3.63) is 71.3 Å². The molecule has 7 atom stereocenters. The highest BCUT2D eigenvalue weighted by molar-refractivity contribution is 5.83. The van der Waals surface area contributed by atoms with Gasteiger partial charge in [0.05, 0.1) is 11.2 Å². The van der Waals surface area contributed by atoms with Gasteiger partial charge in [0.2, 0.25) is 0 Å². The van der Waals surface area contributed by atoms with Gasteiger partial charge >= 0.3 is 0 Å². The largest absolute Gasteiger partial charge is 0.359 e. The molecule has 2 aromatic carbocycles. The highest BCUT2D eigenvalue weighted by Crippen LogP contribution is 2.69. The van der Waals surface area contributed by atoms with Crippen molar-refractivity contribution in [1.82, 2.24) is 4.90 Å². The van der Waals surface area contributed by atoms with Crippen molar-refractivity contribution in [3.63, 3.8) is 0 Å². The van der Waals surface area contributed by atoms with E-state index in [1.165, 1.54) is 34.8 Å². The minimum atomic E-state index is -0.638. The van der Waals surface area contributed by atoms with Crippen molar-refractivity contribution in [3.8, 4) is 0 Å². The lowest BCUT2D eigenvalue weighted by Gasteiger charge is -2.55. The summed E-state index contributed by atoms with van der Waals surface area (Å²) in [5, 5.41) is 2.69. The average molecular weight is 484 g/mol. The number of alkyl halides is 1. The summed E-state index contributed by atoms with van der Waals surface area (Å²) in [4.78, 5) is 2.44. The molecule has 36 heavy (non-hydrogen) atoms. The first-order chi connectivity index (χ1) is 17.5. The monoisotopic (exact) mass is 483 g/mol. The van der Waals surface area contributed by atoms with Crippen LogP contribution in [-0.2, 0) is 4.74 Å². The predicted molar refractivity (Wildman–Crippen MR) is 143 cm³/mol. The van der Waals surface area contributed by atoms with Crippen molar-refractivity contribution >= 4 is 10.8 Å². The highest BCUT2D eigenvalue weighted by atomic mass is 19.1. The van der Waals surface area contributed by atoms with E-state index in [2.05, 4.69) is 66.4 Å². The molecule has 2 nitrogen and oxygen atoms in total.